The van der Waals surface area contributed by atoms with Crippen molar-refractivity contribution in [2.45, 2.75) is 13.8 Å². The Labute approximate surface area is 142 Å². The summed E-state index contributed by atoms with van der Waals surface area (Å²) in [5, 5.41) is 6.12. The Hall–Kier alpha value is -2.11. The van der Waals surface area contributed by atoms with Crippen LogP contribution in [0, 0.1) is 6.92 Å². The molecule has 0 aliphatic rings. The monoisotopic (exact) mass is 346 g/mol. The molecule has 6 heteroatoms. The maximum absolute atomic E-state index is 12.1. The van der Waals surface area contributed by atoms with Crippen molar-refractivity contribution in [2.75, 3.05) is 6.61 Å². The lowest BCUT2D eigenvalue weighted by Gasteiger charge is -2.03. The lowest BCUT2D eigenvalue weighted by atomic mass is 10.3. The fourth-order valence-electron chi connectivity index (χ4n) is 2.19. The molecule has 23 heavy (non-hydrogen) atoms. The first-order valence-corrected chi connectivity index (χ1v) is 8.22. The summed E-state index contributed by atoms with van der Waals surface area (Å²) in [5.41, 5.74) is 2.52. The van der Waals surface area contributed by atoms with Crippen LogP contribution in [-0.2, 0) is 4.74 Å². The number of aryl methyl sites for hydroxylation is 1. The van der Waals surface area contributed by atoms with Crippen LogP contribution in [-0.4, -0.2) is 22.4 Å². The van der Waals surface area contributed by atoms with Crippen LogP contribution in [0.4, 0.5) is 0 Å². The quantitative estimate of drug-likeness (QED) is 0.504. The minimum Gasteiger partial charge on any atom is -0.457 e. The maximum Gasteiger partial charge on any atom is 0.348 e. The van der Waals surface area contributed by atoms with Gasteiger partial charge in [0.2, 0.25) is 0 Å². The molecule has 0 aliphatic carbocycles. The molecule has 3 aromatic rings. The molecule has 2 aromatic heterocycles. The third-order valence-electron chi connectivity index (χ3n) is 3.25. The van der Waals surface area contributed by atoms with Crippen molar-refractivity contribution in [3.05, 3.63) is 58.1 Å². The van der Waals surface area contributed by atoms with Crippen molar-refractivity contribution >= 4 is 39.1 Å². The van der Waals surface area contributed by atoms with Gasteiger partial charge in [0.1, 0.15) is 16.3 Å². The van der Waals surface area contributed by atoms with Gasteiger partial charge in [0.05, 0.1) is 11.4 Å². The molecule has 0 radical (unpaired) electrons. The van der Waals surface area contributed by atoms with E-state index < -0.39 is 0 Å². The topological polar surface area (TPSA) is 44.1 Å². The molecule has 2 heterocycles. The van der Waals surface area contributed by atoms with Gasteiger partial charge in [0.25, 0.3) is 0 Å². The molecule has 0 atom stereocenters. The zero-order chi connectivity index (χ0) is 16.6. The average Bonchev–Trinajstić information content (AvgIpc) is 3.06. The van der Waals surface area contributed by atoms with Gasteiger partial charge in [0.15, 0.2) is 0 Å². The normalized spacial score (nSPS) is 10.9. The van der Waals surface area contributed by atoms with E-state index in [0.29, 0.717) is 9.90 Å². The zero-order valence-corrected chi connectivity index (χ0v) is 14.4. The van der Waals surface area contributed by atoms with Gasteiger partial charge >= 0.3 is 5.97 Å². The number of benzene rings is 1. The summed E-state index contributed by atoms with van der Waals surface area (Å²) in [5.74, 6) is -0.341. The van der Waals surface area contributed by atoms with E-state index in [-0.39, 0.29) is 12.6 Å². The van der Waals surface area contributed by atoms with E-state index in [0.717, 1.165) is 27.2 Å². The van der Waals surface area contributed by atoms with E-state index in [9.17, 15) is 4.79 Å². The summed E-state index contributed by atoms with van der Waals surface area (Å²) >= 11 is 7.42. The SMILES string of the molecule is C=C(C)COC(=O)c1cc2c(C)nn(-c3cccc(Cl)c3)c2s1. The van der Waals surface area contributed by atoms with Gasteiger partial charge in [-0.05, 0) is 43.7 Å². The lowest BCUT2D eigenvalue weighted by Crippen LogP contribution is -2.04. The minimum atomic E-state index is -0.341. The number of esters is 1. The van der Waals surface area contributed by atoms with Crippen LogP contribution in [0.15, 0.2) is 42.5 Å². The average molecular weight is 347 g/mol. The van der Waals surface area contributed by atoms with Gasteiger partial charge in [-0.15, -0.1) is 11.3 Å². The number of hydrogen-bond acceptors (Lipinski definition) is 4. The molecule has 0 unspecified atom stereocenters. The molecule has 0 fully saturated rings. The summed E-state index contributed by atoms with van der Waals surface area (Å²) in [6.07, 6.45) is 0. The van der Waals surface area contributed by atoms with Crippen LogP contribution in [0.5, 0.6) is 0 Å². The van der Waals surface area contributed by atoms with Gasteiger partial charge in [-0.3, -0.25) is 0 Å². The van der Waals surface area contributed by atoms with E-state index in [4.69, 9.17) is 16.3 Å². The van der Waals surface area contributed by atoms with Gasteiger partial charge in [-0.1, -0.05) is 24.2 Å². The first kappa shape index (κ1) is 15.8. The number of rotatable bonds is 4. The molecule has 1 aromatic carbocycles. The van der Waals surface area contributed by atoms with Gasteiger partial charge < -0.3 is 4.74 Å². The third kappa shape index (κ3) is 3.16. The summed E-state index contributed by atoms with van der Waals surface area (Å²) in [6.45, 7) is 7.69. The molecule has 118 valence electrons. The van der Waals surface area contributed by atoms with Crippen LogP contribution in [0.1, 0.15) is 22.3 Å². The fourth-order valence-corrected chi connectivity index (χ4v) is 3.45. The second-order valence-electron chi connectivity index (χ2n) is 5.34. The number of carbonyl (C=O) groups is 1. The molecule has 0 N–H and O–H groups in total. The summed E-state index contributed by atoms with van der Waals surface area (Å²) in [4.78, 5) is 13.6. The molecule has 4 nitrogen and oxygen atoms in total. The highest BCUT2D eigenvalue weighted by Crippen LogP contribution is 2.31. The Morgan fingerprint density at radius 2 is 2.22 bits per heavy atom. The molecule has 0 saturated heterocycles. The Morgan fingerprint density at radius 3 is 2.91 bits per heavy atom. The third-order valence-corrected chi connectivity index (χ3v) is 4.57. The van der Waals surface area contributed by atoms with E-state index >= 15 is 0 Å². The fraction of sp³-hybridized carbons (Fsp3) is 0.176. The predicted octanol–water partition coefficient (Wildman–Crippen LogP) is 4.78. The summed E-state index contributed by atoms with van der Waals surface area (Å²) in [7, 11) is 0. The standard InChI is InChI=1S/C17H15ClN2O2S/c1-10(2)9-22-17(21)15-8-14-11(3)19-20(16(14)23-15)13-6-4-5-12(18)7-13/h4-8H,1,9H2,2-3H3. The number of carbonyl (C=O) groups excluding carboxylic acids is 1. The first-order chi connectivity index (χ1) is 11.0. The number of aromatic nitrogens is 2. The van der Waals surface area contributed by atoms with Crippen molar-refractivity contribution in [3.8, 4) is 5.69 Å². The second-order valence-corrected chi connectivity index (χ2v) is 6.81. The van der Waals surface area contributed by atoms with Crippen LogP contribution >= 0.6 is 22.9 Å². The Morgan fingerprint density at radius 1 is 1.43 bits per heavy atom. The smallest absolute Gasteiger partial charge is 0.348 e. The highest BCUT2D eigenvalue weighted by Gasteiger charge is 2.18. The van der Waals surface area contributed by atoms with Crippen LogP contribution in [0.3, 0.4) is 0 Å². The summed E-state index contributed by atoms with van der Waals surface area (Å²) < 4.78 is 7.02. The van der Waals surface area contributed by atoms with Gasteiger partial charge in [-0.2, -0.15) is 5.10 Å². The Bertz CT molecular complexity index is 911. The maximum atomic E-state index is 12.1. The van der Waals surface area contributed by atoms with Crippen molar-refractivity contribution in [3.63, 3.8) is 0 Å². The van der Waals surface area contributed by atoms with E-state index in [2.05, 4.69) is 11.7 Å². The van der Waals surface area contributed by atoms with Crippen LogP contribution in [0.25, 0.3) is 15.9 Å². The highest BCUT2D eigenvalue weighted by atomic mass is 35.5. The van der Waals surface area contributed by atoms with E-state index in [1.165, 1.54) is 11.3 Å². The van der Waals surface area contributed by atoms with Gasteiger partial charge in [0, 0.05) is 10.4 Å². The Balaban J connectivity index is 2.02. The molecular formula is C17H15ClN2O2S. The highest BCUT2D eigenvalue weighted by molar-refractivity contribution is 7.20. The van der Waals surface area contributed by atoms with Crippen LogP contribution < -0.4 is 0 Å². The van der Waals surface area contributed by atoms with Crippen molar-refractivity contribution < 1.29 is 9.53 Å². The van der Waals surface area contributed by atoms with Gasteiger partial charge in [-0.25, -0.2) is 9.48 Å². The largest absolute Gasteiger partial charge is 0.457 e. The predicted molar refractivity (Wildman–Crippen MR) is 93.8 cm³/mol. The number of halogens is 1. The number of hydrogen-bond donors (Lipinski definition) is 0. The zero-order valence-electron chi connectivity index (χ0n) is 12.8. The lowest BCUT2D eigenvalue weighted by molar-refractivity contribution is 0.0546. The van der Waals surface area contributed by atoms with E-state index in [1.54, 1.807) is 4.68 Å². The number of nitrogens with zero attached hydrogens (tertiary/aromatic N) is 2. The molecular weight excluding hydrogens is 332 g/mol. The van der Waals surface area contributed by atoms with Crippen molar-refractivity contribution in [1.82, 2.24) is 9.78 Å². The molecule has 0 saturated carbocycles. The molecule has 0 spiro atoms. The van der Waals surface area contributed by atoms with Crippen molar-refractivity contribution in [2.24, 2.45) is 0 Å². The van der Waals surface area contributed by atoms with Crippen molar-refractivity contribution in [1.29, 1.82) is 0 Å². The molecule has 0 amide bonds. The number of ether oxygens (including phenoxy) is 1. The molecule has 3 rings (SSSR count). The molecule has 0 bridgehead atoms. The number of fused-ring (bicyclic) bond motifs is 1. The number of thiophene rings is 1. The Kier molecular flexibility index (Phi) is 4.24. The molecule has 0 aliphatic heterocycles. The van der Waals surface area contributed by atoms with E-state index in [1.807, 2.05) is 44.2 Å². The second kappa shape index (κ2) is 6.18. The minimum absolute atomic E-state index is 0.229. The van der Waals surface area contributed by atoms with Crippen LogP contribution in [0.2, 0.25) is 5.02 Å². The first-order valence-electron chi connectivity index (χ1n) is 7.02. The summed E-state index contributed by atoms with van der Waals surface area (Å²) in [6, 6.07) is 9.27.